The van der Waals surface area contributed by atoms with Crippen LogP contribution in [0.1, 0.15) is 39.0 Å². The van der Waals surface area contributed by atoms with Gasteiger partial charge in [0.05, 0.1) is 5.92 Å². The van der Waals surface area contributed by atoms with Gasteiger partial charge >= 0.3 is 6.18 Å². The molecule has 3 nitrogen and oxygen atoms in total. The van der Waals surface area contributed by atoms with Crippen molar-refractivity contribution in [1.82, 2.24) is 4.90 Å². The Morgan fingerprint density at radius 2 is 1.86 bits per heavy atom. The first kappa shape index (κ1) is 18.6. The molecule has 1 aliphatic carbocycles. The lowest BCUT2D eigenvalue weighted by atomic mass is 9.78. The number of likely N-dealkylation sites (tertiary alicyclic amines) is 1. The molecule has 1 heterocycles. The fraction of sp³-hybridized carbons (Fsp3) is 0.929. The number of hydrogen-bond donors (Lipinski definition) is 1. The van der Waals surface area contributed by atoms with E-state index in [0.29, 0.717) is 32.4 Å². The molecule has 0 radical (unpaired) electrons. The van der Waals surface area contributed by atoms with Gasteiger partial charge in [-0.1, -0.05) is 12.8 Å². The van der Waals surface area contributed by atoms with Crippen molar-refractivity contribution in [2.24, 2.45) is 23.5 Å². The number of nitrogens with zero attached hydrogens (tertiary/aromatic N) is 1. The average Bonchev–Trinajstić information content (AvgIpc) is 2.86. The van der Waals surface area contributed by atoms with Crippen LogP contribution in [0.25, 0.3) is 0 Å². The van der Waals surface area contributed by atoms with Crippen molar-refractivity contribution >= 4 is 18.3 Å². The Morgan fingerprint density at radius 3 is 2.38 bits per heavy atom. The van der Waals surface area contributed by atoms with E-state index in [2.05, 4.69) is 0 Å². The standard InChI is InChI=1S/C14H23F3N2O.ClH/c1-9(18)10-6-7-19(8-10)13(20)11-4-2-3-5-12(11)14(15,16)17;/h9-12H,2-8,18H2,1H3;1H. The molecule has 0 aromatic heterocycles. The Labute approximate surface area is 129 Å². The summed E-state index contributed by atoms with van der Waals surface area (Å²) in [7, 11) is 0. The van der Waals surface area contributed by atoms with Crippen LogP contribution in [0.2, 0.25) is 0 Å². The number of rotatable bonds is 2. The number of halogens is 4. The molecule has 2 rings (SSSR count). The first-order valence-electron chi connectivity index (χ1n) is 7.41. The lowest BCUT2D eigenvalue weighted by molar-refractivity contribution is -0.200. The molecule has 1 saturated carbocycles. The number of carbonyl (C=O) groups excluding carboxylic acids is 1. The van der Waals surface area contributed by atoms with Gasteiger partial charge in [0.15, 0.2) is 0 Å². The second-order valence-electron chi connectivity index (χ2n) is 6.23. The minimum Gasteiger partial charge on any atom is -0.342 e. The zero-order valence-corrected chi connectivity index (χ0v) is 13.1. The number of amides is 1. The van der Waals surface area contributed by atoms with E-state index >= 15 is 0 Å². The largest absolute Gasteiger partial charge is 0.392 e. The molecular weight excluding hydrogens is 305 g/mol. The highest BCUT2D eigenvalue weighted by atomic mass is 35.5. The molecule has 0 bridgehead atoms. The number of nitrogens with two attached hydrogens (primary N) is 1. The van der Waals surface area contributed by atoms with Crippen LogP contribution in [-0.2, 0) is 4.79 Å². The van der Waals surface area contributed by atoms with Gasteiger partial charge in [-0.05, 0) is 32.1 Å². The molecule has 1 saturated heterocycles. The van der Waals surface area contributed by atoms with Crippen LogP contribution in [0.3, 0.4) is 0 Å². The molecule has 1 amide bonds. The molecule has 4 unspecified atom stereocenters. The van der Waals surface area contributed by atoms with Crippen LogP contribution < -0.4 is 5.73 Å². The van der Waals surface area contributed by atoms with Crippen LogP contribution in [-0.4, -0.2) is 36.1 Å². The van der Waals surface area contributed by atoms with Crippen LogP contribution in [0.15, 0.2) is 0 Å². The first-order valence-corrected chi connectivity index (χ1v) is 7.41. The third-order valence-electron chi connectivity index (χ3n) is 4.78. The third-order valence-corrected chi connectivity index (χ3v) is 4.78. The van der Waals surface area contributed by atoms with E-state index in [-0.39, 0.29) is 36.7 Å². The highest BCUT2D eigenvalue weighted by Gasteiger charge is 2.49. The van der Waals surface area contributed by atoms with Gasteiger partial charge < -0.3 is 10.6 Å². The highest BCUT2D eigenvalue weighted by Crippen LogP contribution is 2.42. The number of alkyl halides is 3. The summed E-state index contributed by atoms with van der Waals surface area (Å²) in [6, 6.07) is -0.0161. The summed E-state index contributed by atoms with van der Waals surface area (Å²) < 4.78 is 39.2. The molecule has 0 spiro atoms. The maximum Gasteiger partial charge on any atom is 0.392 e. The topological polar surface area (TPSA) is 46.3 Å². The predicted octanol–water partition coefficient (Wildman–Crippen LogP) is 2.97. The van der Waals surface area contributed by atoms with Gasteiger partial charge in [-0.3, -0.25) is 4.79 Å². The smallest absolute Gasteiger partial charge is 0.342 e. The molecular formula is C14H24ClF3N2O. The van der Waals surface area contributed by atoms with Crippen molar-refractivity contribution in [1.29, 1.82) is 0 Å². The third kappa shape index (κ3) is 4.25. The van der Waals surface area contributed by atoms with E-state index in [4.69, 9.17) is 5.73 Å². The molecule has 0 aromatic carbocycles. The van der Waals surface area contributed by atoms with Crippen molar-refractivity contribution in [3.8, 4) is 0 Å². The fourth-order valence-electron chi connectivity index (χ4n) is 3.47. The molecule has 1 aliphatic heterocycles. The molecule has 124 valence electrons. The Bertz CT molecular complexity index is 363. The minimum absolute atomic E-state index is 0. The van der Waals surface area contributed by atoms with Gasteiger partial charge in [-0.15, -0.1) is 12.4 Å². The molecule has 2 fully saturated rings. The van der Waals surface area contributed by atoms with Crippen molar-refractivity contribution in [2.45, 2.75) is 51.2 Å². The van der Waals surface area contributed by atoms with E-state index in [1.807, 2.05) is 6.92 Å². The summed E-state index contributed by atoms with van der Waals surface area (Å²) in [6.07, 6.45) is -1.73. The van der Waals surface area contributed by atoms with Crippen molar-refractivity contribution < 1.29 is 18.0 Å². The van der Waals surface area contributed by atoms with Crippen molar-refractivity contribution in [2.75, 3.05) is 13.1 Å². The summed E-state index contributed by atoms with van der Waals surface area (Å²) in [5.74, 6) is -2.43. The van der Waals surface area contributed by atoms with Gasteiger partial charge in [0.2, 0.25) is 5.91 Å². The highest BCUT2D eigenvalue weighted by molar-refractivity contribution is 5.85. The van der Waals surface area contributed by atoms with Crippen LogP contribution >= 0.6 is 12.4 Å². The van der Waals surface area contributed by atoms with Gasteiger partial charge in [0.1, 0.15) is 0 Å². The minimum atomic E-state index is -4.26. The molecule has 7 heteroatoms. The lowest BCUT2D eigenvalue weighted by Crippen LogP contribution is -2.44. The van der Waals surface area contributed by atoms with E-state index in [9.17, 15) is 18.0 Å². The summed E-state index contributed by atoms with van der Waals surface area (Å²) in [6.45, 7) is 2.95. The maximum atomic E-state index is 13.1. The van der Waals surface area contributed by atoms with E-state index < -0.39 is 18.0 Å². The Balaban J connectivity index is 0.00000220. The Morgan fingerprint density at radius 1 is 1.24 bits per heavy atom. The summed E-state index contributed by atoms with van der Waals surface area (Å²) in [5.41, 5.74) is 5.82. The van der Waals surface area contributed by atoms with Crippen LogP contribution in [0.4, 0.5) is 13.2 Å². The summed E-state index contributed by atoms with van der Waals surface area (Å²) in [4.78, 5) is 14.0. The van der Waals surface area contributed by atoms with Crippen LogP contribution in [0.5, 0.6) is 0 Å². The second kappa shape index (κ2) is 7.18. The predicted molar refractivity (Wildman–Crippen MR) is 77.1 cm³/mol. The van der Waals surface area contributed by atoms with E-state index in [0.717, 1.165) is 6.42 Å². The fourth-order valence-corrected chi connectivity index (χ4v) is 3.47. The quantitative estimate of drug-likeness (QED) is 0.847. The van der Waals surface area contributed by atoms with Crippen LogP contribution in [0, 0.1) is 17.8 Å². The van der Waals surface area contributed by atoms with Crippen molar-refractivity contribution in [3.05, 3.63) is 0 Å². The second-order valence-corrected chi connectivity index (χ2v) is 6.23. The lowest BCUT2D eigenvalue weighted by Gasteiger charge is -2.34. The molecule has 2 aliphatic rings. The zero-order chi connectivity index (χ0) is 14.9. The summed E-state index contributed by atoms with van der Waals surface area (Å²) >= 11 is 0. The number of carbonyl (C=O) groups is 1. The summed E-state index contributed by atoms with van der Waals surface area (Å²) in [5, 5.41) is 0. The average molecular weight is 329 g/mol. The van der Waals surface area contributed by atoms with Gasteiger partial charge in [0, 0.05) is 25.0 Å². The van der Waals surface area contributed by atoms with Gasteiger partial charge in [0.25, 0.3) is 0 Å². The zero-order valence-electron chi connectivity index (χ0n) is 12.2. The van der Waals surface area contributed by atoms with Crippen molar-refractivity contribution in [3.63, 3.8) is 0 Å². The Kier molecular flexibility index (Phi) is 6.35. The van der Waals surface area contributed by atoms with E-state index in [1.54, 1.807) is 4.90 Å². The first-order chi connectivity index (χ1) is 9.30. The molecule has 4 atom stereocenters. The maximum absolute atomic E-state index is 13.1. The molecule has 0 aromatic rings. The molecule has 21 heavy (non-hydrogen) atoms. The molecule has 2 N–H and O–H groups in total. The van der Waals surface area contributed by atoms with Gasteiger partial charge in [-0.2, -0.15) is 13.2 Å². The number of hydrogen-bond acceptors (Lipinski definition) is 2. The van der Waals surface area contributed by atoms with Gasteiger partial charge in [-0.25, -0.2) is 0 Å². The normalized spacial score (nSPS) is 31.7. The van der Waals surface area contributed by atoms with E-state index in [1.165, 1.54) is 0 Å². The Hall–Kier alpha value is -0.490. The SMILES string of the molecule is CC(N)C1CCN(C(=O)C2CCCCC2C(F)(F)F)C1.Cl. The monoisotopic (exact) mass is 328 g/mol.